The number of carbonyl (C=O) groups excluding carboxylic acids is 1. The number of hydrogen-bond donors (Lipinski definition) is 0. The van der Waals surface area contributed by atoms with Crippen molar-refractivity contribution >= 4 is 11.6 Å². The second kappa shape index (κ2) is 4.63. The Morgan fingerprint density at radius 1 is 1.53 bits per heavy atom. The van der Waals surface area contributed by atoms with Crippen molar-refractivity contribution in [2.75, 3.05) is 0 Å². The van der Waals surface area contributed by atoms with Crippen LogP contribution in [0.3, 0.4) is 0 Å². The molecule has 5 nitrogen and oxygen atoms in total. The van der Waals surface area contributed by atoms with Crippen LogP contribution in [0.2, 0.25) is 0 Å². The van der Waals surface area contributed by atoms with Crippen LogP contribution in [0.25, 0.3) is 0 Å². The molecule has 0 atom stereocenters. The number of pyridine rings is 1. The fourth-order valence-corrected chi connectivity index (χ4v) is 1.16. The van der Waals surface area contributed by atoms with E-state index >= 15 is 0 Å². The van der Waals surface area contributed by atoms with Crippen molar-refractivity contribution in [1.29, 1.82) is 0 Å². The topological polar surface area (TPSA) is 73.1 Å². The van der Waals surface area contributed by atoms with Gasteiger partial charge in [-0.3, -0.25) is 4.79 Å². The summed E-state index contributed by atoms with van der Waals surface area (Å²) in [5.41, 5.74) is 0.165. The van der Waals surface area contributed by atoms with E-state index in [1.54, 1.807) is 0 Å². The van der Waals surface area contributed by atoms with Crippen LogP contribution in [0.1, 0.15) is 30.8 Å². The van der Waals surface area contributed by atoms with E-state index in [1.807, 2.05) is 13.8 Å². The van der Waals surface area contributed by atoms with Gasteiger partial charge in [0.2, 0.25) is 11.5 Å². The highest BCUT2D eigenvalue weighted by atomic mass is 16.6. The second-order valence-corrected chi connectivity index (χ2v) is 3.66. The molecule has 1 rings (SSSR count). The van der Waals surface area contributed by atoms with Gasteiger partial charge in [-0.15, -0.1) is 0 Å². The first-order valence-electron chi connectivity index (χ1n) is 4.65. The van der Waals surface area contributed by atoms with Gasteiger partial charge in [-0.1, -0.05) is 13.8 Å². The van der Waals surface area contributed by atoms with E-state index in [1.165, 1.54) is 18.2 Å². The number of ketones is 1. The smallest absolute Gasteiger partial charge is 0.358 e. The summed E-state index contributed by atoms with van der Waals surface area (Å²) in [6.45, 7) is 3.82. The Kier molecular flexibility index (Phi) is 3.49. The third-order valence-electron chi connectivity index (χ3n) is 1.80. The van der Waals surface area contributed by atoms with E-state index in [-0.39, 0.29) is 23.2 Å². The number of nitro groups is 1. The van der Waals surface area contributed by atoms with Gasteiger partial charge in [-0.2, -0.15) is 0 Å². The predicted octanol–water partition coefficient (Wildman–Crippen LogP) is 2.22. The van der Waals surface area contributed by atoms with Gasteiger partial charge in [0.15, 0.2) is 0 Å². The number of hydrogen-bond acceptors (Lipinski definition) is 4. The maximum atomic E-state index is 11.5. The van der Waals surface area contributed by atoms with Gasteiger partial charge in [0.1, 0.15) is 0 Å². The third kappa shape index (κ3) is 3.12. The normalized spacial score (nSPS) is 10.3. The molecule has 0 aliphatic carbocycles. The Morgan fingerprint density at radius 3 is 2.73 bits per heavy atom. The van der Waals surface area contributed by atoms with Crippen LogP contribution in [0.4, 0.5) is 5.82 Å². The van der Waals surface area contributed by atoms with Crippen molar-refractivity contribution < 1.29 is 9.72 Å². The Bertz CT molecular complexity index is 388. The first kappa shape index (κ1) is 11.3. The quantitative estimate of drug-likeness (QED) is 0.432. The maximum absolute atomic E-state index is 11.5. The predicted molar refractivity (Wildman–Crippen MR) is 54.7 cm³/mol. The molecule has 1 heterocycles. The molecule has 1 aromatic rings. The molecule has 0 fully saturated rings. The lowest BCUT2D eigenvalue weighted by Gasteiger charge is -2.00. The number of carbonyl (C=O) groups is 1. The van der Waals surface area contributed by atoms with E-state index < -0.39 is 4.92 Å². The van der Waals surface area contributed by atoms with Crippen LogP contribution in [-0.4, -0.2) is 15.7 Å². The lowest BCUT2D eigenvalue weighted by Crippen LogP contribution is -2.06. The largest absolute Gasteiger partial charge is 0.364 e. The molecular formula is C10H12N2O3. The first-order chi connectivity index (χ1) is 7.00. The van der Waals surface area contributed by atoms with Gasteiger partial charge >= 0.3 is 5.82 Å². The minimum absolute atomic E-state index is 0.159. The van der Waals surface area contributed by atoms with Gasteiger partial charge < -0.3 is 10.1 Å². The molecule has 80 valence electrons. The van der Waals surface area contributed by atoms with Crippen LogP contribution in [0.5, 0.6) is 0 Å². The minimum atomic E-state index is -0.605. The molecule has 0 aliphatic rings. The SMILES string of the molecule is CC(C)CC(=O)c1cccc([N+](=O)[O-])n1. The van der Waals surface area contributed by atoms with Gasteiger partial charge in [-0.05, 0) is 28.0 Å². The summed E-state index contributed by atoms with van der Waals surface area (Å²) in [6.07, 6.45) is 0.355. The highest BCUT2D eigenvalue weighted by molar-refractivity contribution is 5.94. The zero-order valence-corrected chi connectivity index (χ0v) is 8.64. The lowest BCUT2D eigenvalue weighted by molar-refractivity contribution is -0.389. The summed E-state index contributed by atoms with van der Waals surface area (Å²) in [5.74, 6) is -0.225. The minimum Gasteiger partial charge on any atom is -0.358 e. The third-order valence-corrected chi connectivity index (χ3v) is 1.80. The van der Waals surface area contributed by atoms with Crippen molar-refractivity contribution in [1.82, 2.24) is 4.98 Å². The van der Waals surface area contributed by atoms with Crippen LogP contribution < -0.4 is 0 Å². The molecule has 1 aromatic heterocycles. The van der Waals surface area contributed by atoms with E-state index in [9.17, 15) is 14.9 Å². The Labute approximate surface area is 87.3 Å². The Balaban J connectivity index is 2.90. The Morgan fingerprint density at radius 2 is 2.20 bits per heavy atom. The zero-order chi connectivity index (χ0) is 11.4. The van der Waals surface area contributed by atoms with E-state index in [0.29, 0.717) is 6.42 Å². The molecule has 0 saturated heterocycles. The van der Waals surface area contributed by atoms with Crippen molar-refractivity contribution in [2.45, 2.75) is 20.3 Å². The molecule has 0 radical (unpaired) electrons. The van der Waals surface area contributed by atoms with Crippen molar-refractivity contribution in [3.05, 3.63) is 34.0 Å². The van der Waals surface area contributed by atoms with E-state index in [4.69, 9.17) is 0 Å². The monoisotopic (exact) mass is 208 g/mol. The van der Waals surface area contributed by atoms with Crippen molar-refractivity contribution in [3.63, 3.8) is 0 Å². The highest BCUT2D eigenvalue weighted by Gasteiger charge is 2.16. The van der Waals surface area contributed by atoms with Gasteiger partial charge in [0.25, 0.3) is 0 Å². The van der Waals surface area contributed by atoms with Gasteiger partial charge in [-0.25, -0.2) is 0 Å². The fourth-order valence-electron chi connectivity index (χ4n) is 1.16. The summed E-state index contributed by atoms with van der Waals surface area (Å²) in [7, 11) is 0. The van der Waals surface area contributed by atoms with Crippen molar-refractivity contribution in [3.8, 4) is 0 Å². The number of nitrogens with zero attached hydrogens (tertiary/aromatic N) is 2. The van der Waals surface area contributed by atoms with E-state index in [0.717, 1.165) is 0 Å². The first-order valence-corrected chi connectivity index (χ1v) is 4.65. The summed E-state index contributed by atoms with van der Waals surface area (Å²) < 4.78 is 0. The van der Waals surface area contributed by atoms with Crippen LogP contribution in [0, 0.1) is 16.0 Å². The highest BCUT2D eigenvalue weighted by Crippen LogP contribution is 2.11. The average Bonchev–Trinajstić information content (AvgIpc) is 2.17. The van der Waals surface area contributed by atoms with Crippen LogP contribution in [-0.2, 0) is 0 Å². The molecule has 0 spiro atoms. The summed E-state index contributed by atoms with van der Waals surface area (Å²) in [6, 6.07) is 4.24. The standard InChI is InChI=1S/C10H12N2O3/c1-7(2)6-9(13)8-4-3-5-10(11-8)12(14)15/h3-5,7H,6H2,1-2H3. The molecule has 0 amide bonds. The molecule has 0 aromatic carbocycles. The van der Waals surface area contributed by atoms with Crippen LogP contribution >= 0.6 is 0 Å². The zero-order valence-electron chi connectivity index (χ0n) is 8.64. The van der Waals surface area contributed by atoms with Crippen LogP contribution in [0.15, 0.2) is 18.2 Å². The fraction of sp³-hybridized carbons (Fsp3) is 0.400. The molecule has 0 unspecified atom stereocenters. The van der Waals surface area contributed by atoms with Crippen molar-refractivity contribution in [2.24, 2.45) is 5.92 Å². The molecule has 15 heavy (non-hydrogen) atoms. The maximum Gasteiger partial charge on any atom is 0.364 e. The Hall–Kier alpha value is -1.78. The molecule has 0 saturated carbocycles. The molecular weight excluding hydrogens is 196 g/mol. The van der Waals surface area contributed by atoms with E-state index in [2.05, 4.69) is 4.98 Å². The number of aromatic nitrogens is 1. The number of rotatable bonds is 4. The molecule has 0 aliphatic heterocycles. The lowest BCUT2D eigenvalue weighted by atomic mass is 10.1. The summed E-state index contributed by atoms with van der Waals surface area (Å²) in [5, 5.41) is 10.4. The molecule has 0 bridgehead atoms. The average molecular weight is 208 g/mol. The molecule has 5 heteroatoms. The number of Topliss-reactive ketones (excluding diaryl/α,β-unsaturated/α-hetero) is 1. The molecule has 0 N–H and O–H groups in total. The summed E-state index contributed by atoms with van der Waals surface area (Å²) >= 11 is 0. The summed E-state index contributed by atoms with van der Waals surface area (Å²) in [4.78, 5) is 25.0. The second-order valence-electron chi connectivity index (χ2n) is 3.66. The van der Waals surface area contributed by atoms with Gasteiger partial charge in [0, 0.05) is 12.5 Å². The van der Waals surface area contributed by atoms with Gasteiger partial charge in [0.05, 0.1) is 0 Å².